The van der Waals surface area contributed by atoms with E-state index in [1.54, 1.807) is 0 Å². The Labute approximate surface area is 47.1 Å². The van der Waals surface area contributed by atoms with Gasteiger partial charge in [0.15, 0.2) is 0 Å². The molecule has 0 unspecified atom stereocenters. The first-order valence-corrected chi connectivity index (χ1v) is 3.79. The number of rotatable bonds is 1. The highest BCUT2D eigenvalue weighted by molar-refractivity contribution is 6.22. The number of nitrogens with two attached hydrogens (primary N) is 1. The van der Waals surface area contributed by atoms with Crippen LogP contribution in [0.15, 0.2) is 0 Å². The van der Waals surface area contributed by atoms with Gasteiger partial charge in [0.2, 0.25) is 9.92 Å². The average molecular weight is 119 g/mol. The lowest BCUT2D eigenvalue weighted by molar-refractivity contribution is 0.138. The van der Waals surface area contributed by atoms with E-state index >= 15 is 0 Å². The number of hydrogen-bond acceptors (Lipinski definition) is 2. The Bertz CT molecular complexity index is 50.1. The van der Waals surface area contributed by atoms with E-state index in [9.17, 15) is 0 Å². The van der Waals surface area contributed by atoms with Gasteiger partial charge in [-0.15, -0.1) is 0 Å². The van der Waals surface area contributed by atoms with Crippen molar-refractivity contribution in [3.63, 3.8) is 0 Å². The molecule has 0 saturated heterocycles. The fourth-order valence-electron chi connectivity index (χ4n) is 0.250. The topological polar surface area (TPSA) is 35.2 Å². The van der Waals surface area contributed by atoms with Crippen molar-refractivity contribution in [2.24, 2.45) is 5.40 Å². The maximum atomic E-state index is 5.23. The third-order valence-electron chi connectivity index (χ3n) is 0.516. The molecule has 0 radical (unpaired) electrons. The van der Waals surface area contributed by atoms with E-state index in [1.165, 1.54) is 0 Å². The molecule has 0 atom stereocenters. The first-order valence-electron chi connectivity index (χ1n) is 2.40. The molecule has 7 heavy (non-hydrogen) atoms. The van der Waals surface area contributed by atoms with Gasteiger partial charge in [-0.05, 0) is 20.8 Å². The van der Waals surface area contributed by atoms with Crippen LogP contribution in [0.5, 0.6) is 0 Å². The standard InChI is InChI=1S/C4H13NOSi/c1-4(2,3)6-7-5/h5,7H2,1-3H3. The van der Waals surface area contributed by atoms with Crippen molar-refractivity contribution < 1.29 is 4.43 Å². The molecular weight excluding hydrogens is 106 g/mol. The molecule has 2 nitrogen and oxygen atoms in total. The highest BCUT2D eigenvalue weighted by atomic mass is 28.2. The van der Waals surface area contributed by atoms with Crippen LogP contribution >= 0.6 is 0 Å². The Morgan fingerprint density at radius 1 is 1.43 bits per heavy atom. The van der Waals surface area contributed by atoms with E-state index in [-0.39, 0.29) is 5.60 Å². The molecule has 0 aromatic carbocycles. The van der Waals surface area contributed by atoms with Gasteiger partial charge in [0.1, 0.15) is 0 Å². The summed E-state index contributed by atoms with van der Waals surface area (Å²) >= 11 is 0. The Morgan fingerprint density at radius 3 is 1.86 bits per heavy atom. The smallest absolute Gasteiger partial charge is 0.234 e. The van der Waals surface area contributed by atoms with Gasteiger partial charge in [-0.25, -0.2) is 0 Å². The second kappa shape index (κ2) is 2.45. The SMILES string of the molecule is CC(C)(C)O[SiH2]N. The first kappa shape index (κ1) is 7.14. The molecule has 0 heterocycles. The monoisotopic (exact) mass is 119 g/mol. The molecule has 0 aliphatic carbocycles. The largest absolute Gasteiger partial charge is 0.404 e. The van der Waals surface area contributed by atoms with Crippen LogP contribution in [-0.4, -0.2) is 15.5 Å². The van der Waals surface area contributed by atoms with Crippen LogP contribution in [0.3, 0.4) is 0 Å². The van der Waals surface area contributed by atoms with E-state index in [2.05, 4.69) is 0 Å². The lowest BCUT2D eigenvalue weighted by Crippen LogP contribution is -2.25. The predicted octanol–water partition coefficient (Wildman–Crippen LogP) is -0.241. The van der Waals surface area contributed by atoms with Crippen LogP contribution in [0.1, 0.15) is 20.8 Å². The van der Waals surface area contributed by atoms with Gasteiger partial charge in [0.25, 0.3) is 0 Å². The minimum absolute atomic E-state index is 0.0129. The summed E-state index contributed by atoms with van der Waals surface area (Å²) in [5.74, 6) is 0. The molecule has 0 rings (SSSR count). The van der Waals surface area contributed by atoms with Crippen molar-refractivity contribution in [3.05, 3.63) is 0 Å². The zero-order valence-electron chi connectivity index (χ0n) is 5.19. The van der Waals surface area contributed by atoms with Gasteiger partial charge in [-0.3, -0.25) is 0 Å². The molecule has 0 fully saturated rings. The van der Waals surface area contributed by atoms with Crippen molar-refractivity contribution in [1.29, 1.82) is 0 Å². The van der Waals surface area contributed by atoms with Gasteiger partial charge in [0.05, 0.1) is 0 Å². The van der Waals surface area contributed by atoms with Crippen molar-refractivity contribution >= 4 is 9.92 Å². The van der Waals surface area contributed by atoms with Crippen molar-refractivity contribution in [2.45, 2.75) is 26.4 Å². The predicted molar refractivity (Wildman–Crippen MR) is 33.6 cm³/mol. The fourth-order valence-corrected chi connectivity index (χ4v) is 0.750. The maximum Gasteiger partial charge on any atom is 0.234 e. The van der Waals surface area contributed by atoms with Crippen molar-refractivity contribution in [3.8, 4) is 0 Å². The Kier molecular flexibility index (Phi) is 2.49. The second-order valence-corrected chi connectivity index (χ2v) is 3.05. The van der Waals surface area contributed by atoms with Crippen LogP contribution in [0, 0.1) is 0 Å². The zero-order valence-corrected chi connectivity index (χ0v) is 6.61. The maximum absolute atomic E-state index is 5.23. The fraction of sp³-hybridized carbons (Fsp3) is 1.00. The third-order valence-corrected chi connectivity index (χ3v) is 1.55. The summed E-state index contributed by atoms with van der Waals surface area (Å²) in [5.41, 5.74) is -0.0129. The summed E-state index contributed by atoms with van der Waals surface area (Å²) < 4.78 is 5.15. The molecule has 0 aromatic rings. The average Bonchev–Trinajstić information content (AvgIpc) is 1.30. The van der Waals surface area contributed by atoms with Gasteiger partial charge in [-0.1, -0.05) is 0 Å². The van der Waals surface area contributed by atoms with Gasteiger partial charge < -0.3 is 9.83 Å². The lowest BCUT2D eigenvalue weighted by atomic mass is 10.2. The molecule has 0 saturated carbocycles. The molecule has 0 aliphatic rings. The zero-order chi connectivity index (χ0) is 5.91. The Hall–Kier alpha value is 0.137. The van der Waals surface area contributed by atoms with E-state index in [4.69, 9.17) is 9.83 Å². The molecule has 0 bridgehead atoms. The molecule has 0 spiro atoms. The molecule has 44 valence electrons. The lowest BCUT2D eigenvalue weighted by Gasteiger charge is -2.17. The summed E-state index contributed by atoms with van der Waals surface area (Å²) in [5, 5.41) is 5.23. The first-order chi connectivity index (χ1) is 3.06. The molecule has 3 heteroatoms. The Morgan fingerprint density at radius 2 is 1.86 bits per heavy atom. The van der Waals surface area contributed by atoms with Crippen LogP contribution in [0.2, 0.25) is 0 Å². The summed E-state index contributed by atoms with van der Waals surface area (Å²) in [6.07, 6.45) is 0. The van der Waals surface area contributed by atoms with Crippen molar-refractivity contribution in [2.75, 3.05) is 0 Å². The quantitative estimate of drug-likeness (QED) is 0.483. The minimum atomic E-state index is -0.690. The Balaban J connectivity index is 3.15. The third kappa shape index (κ3) is 6.14. The molecule has 0 aromatic heterocycles. The van der Waals surface area contributed by atoms with Crippen LogP contribution in [0.25, 0.3) is 0 Å². The minimum Gasteiger partial charge on any atom is -0.404 e. The summed E-state index contributed by atoms with van der Waals surface area (Å²) in [4.78, 5) is 0. The van der Waals surface area contributed by atoms with Gasteiger partial charge in [0, 0.05) is 5.60 Å². The molecule has 2 N–H and O–H groups in total. The summed E-state index contributed by atoms with van der Waals surface area (Å²) in [6.45, 7) is 6.02. The van der Waals surface area contributed by atoms with Crippen LogP contribution in [0.4, 0.5) is 0 Å². The normalized spacial score (nSPS) is 13.7. The number of hydrogen-bond donors (Lipinski definition) is 1. The van der Waals surface area contributed by atoms with Gasteiger partial charge >= 0.3 is 0 Å². The van der Waals surface area contributed by atoms with Gasteiger partial charge in [-0.2, -0.15) is 0 Å². The highest BCUT2D eigenvalue weighted by Crippen LogP contribution is 2.02. The van der Waals surface area contributed by atoms with Crippen LogP contribution in [-0.2, 0) is 4.43 Å². The molecule has 0 amide bonds. The van der Waals surface area contributed by atoms with E-state index in [1.807, 2.05) is 20.8 Å². The molecular formula is C4H13NOSi. The van der Waals surface area contributed by atoms with Crippen molar-refractivity contribution in [1.82, 2.24) is 0 Å². The molecule has 0 aliphatic heterocycles. The van der Waals surface area contributed by atoms with Crippen LogP contribution < -0.4 is 5.40 Å². The van der Waals surface area contributed by atoms with E-state index in [0.717, 1.165) is 0 Å². The highest BCUT2D eigenvalue weighted by Gasteiger charge is 2.06. The summed E-state index contributed by atoms with van der Waals surface area (Å²) in [7, 11) is -0.690. The summed E-state index contributed by atoms with van der Waals surface area (Å²) in [6, 6.07) is 0. The second-order valence-electron chi connectivity index (χ2n) is 2.42. The van der Waals surface area contributed by atoms with E-state index in [0.29, 0.717) is 0 Å². The van der Waals surface area contributed by atoms with E-state index < -0.39 is 9.92 Å².